The van der Waals surface area contributed by atoms with Crippen LogP contribution in [0.3, 0.4) is 0 Å². The maximum absolute atomic E-state index is 11.9. The highest BCUT2D eigenvalue weighted by molar-refractivity contribution is 5.83. The normalized spacial score (nSPS) is 10.5. The summed E-state index contributed by atoms with van der Waals surface area (Å²) in [6, 6.07) is 21.4. The molecule has 0 bridgehead atoms. The van der Waals surface area contributed by atoms with Gasteiger partial charge in [0.05, 0.1) is 24.2 Å². The molecule has 4 rings (SSSR count). The van der Waals surface area contributed by atoms with E-state index in [1.54, 1.807) is 23.6 Å². The maximum atomic E-state index is 11.9. The number of furan rings is 1. The summed E-state index contributed by atoms with van der Waals surface area (Å²) < 4.78 is 5.41. The molecule has 0 aliphatic carbocycles. The first kappa shape index (κ1) is 19.4. The molecule has 0 aliphatic rings. The van der Waals surface area contributed by atoms with E-state index in [4.69, 9.17) is 9.40 Å². The van der Waals surface area contributed by atoms with Gasteiger partial charge in [0, 0.05) is 30.9 Å². The topological polar surface area (TPSA) is 71.3 Å². The number of nitrogens with one attached hydrogen (secondary N) is 1. The highest BCUT2D eigenvalue weighted by Crippen LogP contribution is 2.28. The van der Waals surface area contributed by atoms with E-state index in [-0.39, 0.29) is 0 Å². The molecule has 0 atom stereocenters. The first-order valence-electron chi connectivity index (χ1n) is 9.77. The largest absolute Gasteiger partial charge is 0.469 e. The SMILES string of the molecule is O=CN(Cc1cccnc1)c1ccc(-c2ccccc2)nc1NCCc1ccco1. The van der Waals surface area contributed by atoms with Crippen molar-refractivity contribution < 1.29 is 9.21 Å². The van der Waals surface area contributed by atoms with Crippen molar-refractivity contribution in [3.05, 3.63) is 96.7 Å². The predicted octanol–water partition coefficient (Wildman–Crippen LogP) is 4.55. The molecule has 6 nitrogen and oxygen atoms in total. The molecule has 3 aromatic heterocycles. The van der Waals surface area contributed by atoms with Crippen LogP contribution in [-0.4, -0.2) is 22.9 Å². The van der Waals surface area contributed by atoms with Crippen LogP contribution in [0.1, 0.15) is 11.3 Å². The van der Waals surface area contributed by atoms with Crippen molar-refractivity contribution in [1.82, 2.24) is 9.97 Å². The van der Waals surface area contributed by atoms with Gasteiger partial charge in [-0.1, -0.05) is 36.4 Å². The van der Waals surface area contributed by atoms with Gasteiger partial charge in [0.1, 0.15) is 5.76 Å². The number of hydrogen-bond donors (Lipinski definition) is 1. The van der Waals surface area contributed by atoms with Gasteiger partial charge >= 0.3 is 0 Å². The molecule has 0 radical (unpaired) electrons. The quantitative estimate of drug-likeness (QED) is 0.419. The fourth-order valence-electron chi connectivity index (χ4n) is 3.21. The van der Waals surface area contributed by atoms with Gasteiger partial charge in [-0.25, -0.2) is 4.98 Å². The number of hydrogen-bond acceptors (Lipinski definition) is 5. The van der Waals surface area contributed by atoms with Crippen LogP contribution in [0.15, 0.2) is 89.8 Å². The summed E-state index contributed by atoms with van der Waals surface area (Å²) in [6.45, 7) is 1.04. The standard InChI is InChI=1S/C24H22N4O2/c29-18-28(17-19-6-4-13-25-16-19)23-11-10-22(20-7-2-1-3-8-20)27-24(23)26-14-12-21-9-5-15-30-21/h1-11,13,15-16,18H,12,14,17H2,(H,26,27). The Hall–Kier alpha value is -3.93. The lowest BCUT2D eigenvalue weighted by molar-refractivity contribution is -0.107. The highest BCUT2D eigenvalue weighted by Gasteiger charge is 2.14. The third-order valence-corrected chi connectivity index (χ3v) is 4.70. The summed E-state index contributed by atoms with van der Waals surface area (Å²) in [5.41, 5.74) is 3.52. The average Bonchev–Trinajstić information content (AvgIpc) is 3.32. The van der Waals surface area contributed by atoms with E-state index in [1.807, 2.05) is 66.7 Å². The summed E-state index contributed by atoms with van der Waals surface area (Å²) in [7, 11) is 0. The second-order valence-electron chi connectivity index (χ2n) is 6.78. The van der Waals surface area contributed by atoms with Crippen molar-refractivity contribution in [3.63, 3.8) is 0 Å². The molecule has 0 fully saturated rings. The lowest BCUT2D eigenvalue weighted by Crippen LogP contribution is -2.22. The number of anilines is 2. The molecule has 30 heavy (non-hydrogen) atoms. The van der Waals surface area contributed by atoms with Gasteiger partial charge in [0.25, 0.3) is 0 Å². The molecule has 6 heteroatoms. The maximum Gasteiger partial charge on any atom is 0.214 e. The van der Waals surface area contributed by atoms with Crippen LogP contribution in [0.4, 0.5) is 11.5 Å². The number of pyridine rings is 2. The van der Waals surface area contributed by atoms with E-state index in [9.17, 15) is 4.79 Å². The summed E-state index contributed by atoms with van der Waals surface area (Å²) >= 11 is 0. The zero-order valence-electron chi connectivity index (χ0n) is 16.4. The van der Waals surface area contributed by atoms with Gasteiger partial charge in [-0.05, 0) is 35.9 Å². The molecule has 1 N–H and O–H groups in total. The number of rotatable bonds is 9. The second-order valence-corrected chi connectivity index (χ2v) is 6.78. The van der Waals surface area contributed by atoms with Gasteiger partial charge < -0.3 is 14.6 Å². The van der Waals surface area contributed by atoms with Crippen molar-refractivity contribution in [2.24, 2.45) is 0 Å². The molecule has 4 aromatic rings. The summed E-state index contributed by atoms with van der Waals surface area (Å²) in [4.78, 5) is 22.5. The fraction of sp³-hybridized carbons (Fsp3) is 0.125. The van der Waals surface area contributed by atoms with Crippen molar-refractivity contribution in [3.8, 4) is 11.3 Å². The Bertz CT molecular complexity index is 1070. The Labute approximate surface area is 175 Å². The number of carbonyl (C=O) groups is 1. The molecular formula is C24H22N4O2. The summed E-state index contributed by atoms with van der Waals surface area (Å²) in [5.74, 6) is 1.55. The number of amides is 1. The molecule has 0 spiro atoms. The summed E-state index contributed by atoms with van der Waals surface area (Å²) in [5, 5.41) is 3.37. The van der Waals surface area contributed by atoms with Gasteiger partial charge in [0.2, 0.25) is 6.41 Å². The van der Waals surface area contributed by atoms with Crippen LogP contribution in [0, 0.1) is 0 Å². The molecule has 150 valence electrons. The van der Waals surface area contributed by atoms with Gasteiger partial charge in [0.15, 0.2) is 5.82 Å². The van der Waals surface area contributed by atoms with E-state index < -0.39 is 0 Å². The first-order chi connectivity index (χ1) is 14.8. The Morgan fingerprint density at radius 2 is 1.90 bits per heavy atom. The third kappa shape index (κ3) is 4.72. The Kier molecular flexibility index (Phi) is 6.15. The summed E-state index contributed by atoms with van der Waals surface area (Å²) in [6.07, 6.45) is 6.67. The van der Waals surface area contributed by atoms with Crippen LogP contribution in [0.2, 0.25) is 0 Å². The van der Waals surface area contributed by atoms with Gasteiger partial charge in [-0.15, -0.1) is 0 Å². The van der Waals surface area contributed by atoms with Crippen LogP contribution < -0.4 is 10.2 Å². The molecule has 1 amide bonds. The predicted molar refractivity (Wildman–Crippen MR) is 117 cm³/mol. The Balaban J connectivity index is 1.62. The van der Waals surface area contributed by atoms with Gasteiger partial charge in [-0.2, -0.15) is 0 Å². The molecule has 3 heterocycles. The van der Waals surface area contributed by atoms with Crippen LogP contribution in [0.5, 0.6) is 0 Å². The number of nitrogens with zero attached hydrogens (tertiary/aromatic N) is 3. The molecule has 1 aromatic carbocycles. The number of benzene rings is 1. The molecule has 0 saturated carbocycles. The zero-order chi connectivity index (χ0) is 20.6. The van der Waals surface area contributed by atoms with Crippen LogP contribution in [0.25, 0.3) is 11.3 Å². The molecule has 0 aliphatic heterocycles. The first-order valence-corrected chi connectivity index (χ1v) is 9.77. The van der Waals surface area contributed by atoms with Crippen molar-refractivity contribution in [2.75, 3.05) is 16.8 Å². The van der Waals surface area contributed by atoms with E-state index >= 15 is 0 Å². The van der Waals surface area contributed by atoms with E-state index in [1.165, 1.54) is 0 Å². The fourth-order valence-corrected chi connectivity index (χ4v) is 3.21. The molecule has 0 saturated heterocycles. The molecular weight excluding hydrogens is 376 g/mol. The number of aromatic nitrogens is 2. The van der Waals surface area contributed by atoms with Crippen LogP contribution in [-0.2, 0) is 17.8 Å². The minimum Gasteiger partial charge on any atom is -0.469 e. The zero-order valence-corrected chi connectivity index (χ0v) is 16.4. The van der Waals surface area contributed by atoms with E-state index in [0.29, 0.717) is 31.0 Å². The van der Waals surface area contributed by atoms with Crippen molar-refractivity contribution in [2.45, 2.75) is 13.0 Å². The smallest absolute Gasteiger partial charge is 0.214 e. The van der Waals surface area contributed by atoms with Gasteiger partial charge in [-0.3, -0.25) is 9.78 Å². The third-order valence-electron chi connectivity index (χ3n) is 4.70. The minimum absolute atomic E-state index is 0.413. The highest BCUT2D eigenvalue weighted by atomic mass is 16.3. The van der Waals surface area contributed by atoms with Crippen molar-refractivity contribution in [1.29, 1.82) is 0 Å². The van der Waals surface area contributed by atoms with Crippen molar-refractivity contribution >= 4 is 17.9 Å². The Morgan fingerprint density at radius 3 is 2.63 bits per heavy atom. The minimum atomic E-state index is 0.413. The van der Waals surface area contributed by atoms with E-state index in [0.717, 1.165) is 29.0 Å². The van der Waals surface area contributed by atoms with Crippen LogP contribution >= 0.6 is 0 Å². The Morgan fingerprint density at radius 1 is 1.00 bits per heavy atom. The monoisotopic (exact) mass is 398 g/mol. The molecule has 0 unspecified atom stereocenters. The van der Waals surface area contributed by atoms with E-state index in [2.05, 4.69) is 10.3 Å². The lowest BCUT2D eigenvalue weighted by Gasteiger charge is -2.21. The average molecular weight is 398 g/mol. The number of carbonyl (C=O) groups excluding carboxylic acids is 1. The lowest BCUT2D eigenvalue weighted by atomic mass is 10.1. The second kappa shape index (κ2) is 9.52.